The minimum atomic E-state index is 0.0274. The molecule has 1 amide bonds. The Morgan fingerprint density at radius 3 is 2.73 bits per heavy atom. The van der Waals surface area contributed by atoms with Crippen LogP contribution in [0.5, 0.6) is 0 Å². The average Bonchev–Trinajstić information content (AvgIpc) is 3.21. The molecule has 26 heavy (non-hydrogen) atoms. The average molecular weight is 359 g/mol. The number of carbonyl (C=O) groups is 1. The topological polar surface area (TPSA) is 102 Å². The molecule has 0 saturated heterocycles. The summed E-state index contributed by atoms with van der Waals surface area (Å²) in [5.74, 6) is 4.28. The van der Waals surface area contributed by atoms with Crippen molar-refractivity contribution < 1.29 is 9.32 Å². The molecule has 0 aromatic carbocycles. The van der Waals surface area contributed by atoms with Crippen molar-refractivity contribution in [2.75, 3.05) is 7.05 Å². The second-order valence-electron chi connectivity index (χ2n) is 7.59. The molecule has 9 heteroatoms. The smallest absolute Gasteiger partial charge is 0.240 e. The van der Waals surface area contributed by atoms with Crippen molar-refractivity contribution in [3.8, 4) is 0 Å². The Morgan fingerprint density at radius 1 is 1.27 bits per heavy atom. The largest absolute Gasteiger partial charge is 0.354 e. The Bertz CT molecular complexity index is 789. The van der Waals surface area contributed by atoms with Crippen LogP contribution in [0.2, 0.25) is 0 Å². The fourth-order valence-corrected chi connectivity index (χ4v) is 3.47. The third kappa shape index (κ3) is 3.62. The molecule has 2 aliphatic carbocycles. The molecule has 2 aromatic heterocycles. The van der Waals surface area contributed by atoms with Crippen LogP contribution in [0.15, 0.2) is 4.52 Å². The summed E-state index contributed by atoms with van der Waals surface area (Å²) in [4.78, 5) is 17.7. The van der Waals surface area contributed by atoms with Crippen LogP contribution in [0.4, 0.5) is 0 Å². The molecule has 0 radical (unpaired) electrons. The van der Waals surface area contributed by atoms with Crippen molar-refractivity contribution in [2.24, 2.45) is 7.05 Å². The maximum Gasteiger partial charge on any atom is 0.240 e. The Kier molecular flexibility index (Phi) is 4.47. The molecule has 0 aliphatic heterocycles. The van der Waals surface area contributed by atoms with Crippen LogP contribution in [0.3, 0.4) is 0 Å². The van der Waals surface area contributed by atoms with Gasteiger partial charge < -0.3 is 14.4 Å². The quantitative estimate of drug-likeness (QED) is 0.789. The molecule has 0 spiro atoms. The Labute approximate surface area is 152 Å². The zero-order valence-corrected chi connectivity index (χ0v) is 15.5. The predicted octanol–water partition coefficient (Wildman–Crippen LogP) is 1.09. The fraction of sp³-hybridized carbons (Fsp3) is 0.706. The fourth-order valence-electron chi connectivity index (χ4n) is 3.47. The van der Waals surface area contributed by atoms with Crippen molar-refractivity contribution >= 4 is 5.91 Å². The van der Waals surface area contributed by atoms with Crippen molar-refractivity contribution in [1.82, 2.24) is 35.1 Å². The summed E-state index contributed by atoms with van der Waals surface area (Å²) in [5, 5.41) is 15.7. The third-order valence-electron chi connectivity index (χ3n) is 5.15. The van der Waals surface area contributed by atoms with Gasteiger partial charge in [-0.15, -0.1) is 10.2 Å². The molecule has 9 nitrogen and oxygen atoms in total. The summed E-state index contributed by atoms with van der Waals surface area (Å²) in [6, 6.07) is 0.263. The highest BCUT2D eigenvalue weighted by molar-refractivity contribution is 5.73. The number of nitrogens with one attached hydrogen (secondary N) is 1. The van der Waals surface area contributed by atoms with E-state index in [1.807, 2.05) is 14.1 Å². The number of nitrogens with zero attached hydrogens (tertiary/aromatic N) is 6. The normalized spacial score (nSPS) is 22.5. The Morgan fingerprint density at radius 2 is 2.04 bits per heavy atom. The number of carbonyl (C=O) groups excluding carboxylic acids is 1. The van der Waals surface area contributed by atoms with Crippen molar-refractivity contribution in [1.29, 1.82) is 0 Å². The van der Waals surface area contributed by atoms with Crippen LogP contribution in [0.25, 0.3) is 0 Å². The van der Waals surface area contributed by atoms with E-state index in [0.29, 0.717) is 30.8 Å². The molecule has 2 aliphatic rings. The van der Waals surface area contributed by atoms with Gasteiger partial charge in [0.15, 0.2) is 5.82 Å². The summed E-state index contributed by atoms with van der Waals surface area (Å²) in [5.41, 5.74) is 0. The zero-order valence-electron chi connectivity index (χ0n) is 15.5. The van der Waals surface area contributed by atoms with E-state index in [1.54, 1.807) is 6.92 Å². The van der Waals surface area contributed by atoms with E-state index in [2.05, 4.69) is 35.1 Å². The summed E-state index contributed by atoms with van der Waals surface area (Å²) in [7, 11) is 4.01. The van der Waals surface area contributed by atoms with Gasteiger partial charge in [0.25, 0.3) is 0 Å². The summed E-state index contributed by atoms with van der Waals surface area (Å²) < 4.78 is 7.40. The van der Waals surface area contributed by atoms with Crippen molar-refractivity contribution in [3.63, 3.8) is 0 Å². The maximum absolute atomic E-state index is 11.1. The van der Waals surface area contributed by atoms with Gasteiger partial charge in [-0.1, -0.05) is 5.16 Å². The number of hydrogen-bond donors (Lipinski definition) is 1. The highest BCUT2D eigenvalue weighted by Gasteiger charge is 2.34. The van der Waals surface area contributed by atoms with Crippen LogP contribution in [-0.4, -0.2) is 48.8 Å². The Balaban J connectivity index is 1.32. The third-order valence-corrected chi connectivity index (χ3v) is 5.15. The number of hydrogen-bond acceptors (Lipinski definition) is 7. The van der Waals surface area contributed by atoms with Gasteiger partial charge in [0, 0.05) is 31.8 Å². The first-order chi connectivity index (χ1) is 12.5. The lowest BCUT2D eigenvalue weighted by Crippen LogP contribution is -2.43. The second-order valence-corrected chi connectivity index (χ2v) is 7.59. The Hall–Kier alpha value is -2.29. The molecular weight excluding hydrogens is 334 g/mol. The van der Waals surface area contributed by atoms with Gasteiger partial charge in [-0.05, 0) is 32.7 Å². The molecule has 2 aromatic rings. The molecule has 2 fully saturated rings. The first-order valence-corrected chi connectivity index (χ1v) is 9.16. The van der Waals surface area contributed by atoms with Crippen molar-refractivity contribution in [3.05, 3.63) is 23.4 Å². The molecule has 2 heterocycles. The number of amides is 1. The molecule has 0 unspecified atom stereocenters. The molecule has 2 saturated carbocycles. The lowest BCUT2D eigenvalue weighted by molar-refractivity contribution is -0.120. The summed E-state index contributed by atoms with van der Waals surface area (Å²) >= 11 is 0. The monoisotopic (exact) mass is 359 g/mol. The second kappa shape index (κ2) is 6.79. The van der Waals surface area contributed by atoms with Gasteiger partial charge in [-0.3, -0.25) is 9.69 Å². The molecule has 0 atom stereocenters. The summed E-state index contributed by atoms with van der Waals surface area (Å²) in [6.45, 7) is 2.81. The van der Waals surface area contributed by atoms with Gasteiger partial charge >= 0.3 is 0 Å². The minimum Gasteiger partial charge on any atom is -0.354 e. The van der Waals surface area contributed by atoms with E-state index in [0.717, 1.165) is 30.3 Å². The lowest BCUT2D eigenvalue weighted by atomic mass is 9.79. The summed E-state index contributed by atoms with van der Waals surface area (Å²) in [6.07, 6.45) is 4.18. The van der Waals surface area contributed by atoms with E-state index in [-0.39, 0.29) is 11.9 Å². The van der Waals surface area contributed by atoms with E-state index in [1.165, 1.54) is 12.8 Å². The molecular formula is C17H25N7O2. The number of rotatable bonds is 7. The number of aromatic nitrogens is 5. The van der Waals surface area contributed by atoms with Gasteiger partial charge in [0.1, 0.15) is 11.6 Å². The molecule has 0 bridgehead atoms. The first kappa shape index (κ1) is 17.1. The van der Waals surface area contributed by atoms with Crippen LogP contribution in [0.1, 0.15) is 67.8 Å². The molecule has 1 N–H and O–H groups in total. The predicted molar refractivity (Wildman–Crippen MR) is 92.0 cm³/mol. The molecule has 140 valence electrons. The van der Waals surface area contributed by atoms with E-state index in [4.69, 9.17) is 4.52 Å². The zero-order chi connectivity index (χ0) is 18.3. The van der Waals surface area contributed by atoms with Crippen LogP contribution in [0, 0.1) is 0 Å². The minimum absolute atomic E-state index is 0.0274. The van der Waals surface area contributed by atoms with Crippen LogP contribution >= 0.6 is 0 Å². The van der Waals surface area contributed by atoms with Gasteiger partial charge in [0.05, 0.1) is 13.1 Å². The lowest BCUT2D eigenvalue weighted by Gasteiger charge is -2.34. The molecule has 4 rings (SSSR count). The van der Waals surface area contributed by atoms with E-state index in [9.17, 15) is 4.79 Å². The van der Waals surface area contributed by atoms with Crippen LogP contribution in [-0.2, 0) is 24.9 Å². The van der Waals surface area contributed by atoms with Gasteiger partial charge in [0.2, 0.25) is 11.8 Å². The van der Waals surface area contributed by atoms with Gasteiger partial charge in [-0.2, -0.15) is 4.98 Å². The SMILES string of the molecule is CC(=O)NC1CC(c2nnc(CN(C)Cc3nc(C4CC4)no3)n2C)C1. The van der Waals surface area contributed by atoms with Gasteiger partial charge in [-0.25, -0.2) is 0 Å². The maximum atomic E-state index is 11.1. The van der Waals surface area contributed by atoms with Crippen molar-refractivity contribution in [2.45, 2.75) is 63.6 Å². The standard InChI is InChI=1S/C17H25N7O2/c1-10(25)18-13-6-12(7-13)17-21-20-14(24(17)3)8-23(2)9-15-19-16(22-26-15)11-4-5-11/h11-13H,4-9H2,1-3H3,(H,18,25). The first-order valence-electron chi connectivity index (χ1n) is 9.16. The highest BCUT2D eigenvalue weighted by atomic mass is 16.5. The highest BCUT2D eigenvalue weighted by Crippen LogP contribution is 2.38. The van der Waals surface area contributed by atoms with Crippen LogP contribution < -0.4 is 5.32 Å². The van der Waals surface area contributed by atoms with E-state index >= 15 is 0 Å². The van der Waals surface area contributed by atoms with E-state index < -0.39 is 0 Å².